The first-order valence-electron chi connectivity index (χ1n) is 6.83. The first-order chi connectivity index (χ1) is 10.7. The van der Waals surface area contributed by atoms with Gasteiger partial charge >= 0.3 is 6.18 Å². The van der Waals surface area contributed by atoms with E-state index in [0.29, 0.717) is 12.2 Å². The molecule has 1 aromatic carbocycles. The van der Waals surface area contributed by atoms with Crippen molar-refractivity contribution in [2.45, 2.75) is 19.0 Å². The third-order valence-corrected chi connectivity index (χ3v) is 3.85. The Morgan fingerprint density at radius 2 is 1.91 bits per heavy atom. The molecule has 0 aliphatic rings. The van der Waals surface area contributed by atoms with Crippen molar-refractivity contribution >= 4 is 17.3 Å². The molecule has 23 heavy (non-hydrogen) atoms. The molecule has 1 N–H and O–H groups in total. The summed E-state index contributed by atoms with van der Waals surface area (Å²) in [5.74, 6) is -0.0718. The third-order valence-electron chi connectivity index (χ3n) is 3.48. The van der Waals surface area contributed by atoms with Crippen LogP contribution in [0.1, 0.15) is 24.0 Å². The van der Waals surface area contributed by atoms with Crippen molar-refractivity contribution < 1.29 is 13.2 Å². The molecular weight excluding hydrogens is 331 g/mol. The molecule has 0 saturated carbocycles. The smallest absolute Gasteiger partial charge is 0.382 e. The van der Waals surface area contributed by atoms with Crippen LogP contribution in [-0.2, 0) is 13.2 Å². The van der Waals surface area contributed by atoms with Crippen LogP contribution in [0.15, 0.2) is 35.3 Å². The van der Waals surface area contributed by atoms with Gasteiger partial charge in [-0.05, 0) is 23.6 Å². The van der Waals surface area contributed by atoms with Crippen LogP contribution >= 0.6 is 11.6 Å². The van der Waals surface area contributed by atoms with Gasteiger partial charge in [-0.15, -0.1) is 0 Å². The zero-order valence-corrected chi connectivity index (χ0v) is 13.2. The van der Waals surface area contributed by atoms with Gasteiger partial charge < -0.3 is 5.32 Å². The summed E-state index contributed by atoms with van der Waals surface area (Å²) in [7, 11) is 1.49. The van der Waals surface area contributed by atoms with E-state index < -0.39 is 17.3 Å². The molecule has 0 spiro atoms. The van der Waals surface area contributed by atoms with Crippen LogP contribution in [0, 0.1) is 0 Å². The molecule has 124 valence electrons. The van der Waals surface area contributed by atoms with Crippen molar-refractivity contribution in [2.75, 3.05) is 11.9 Å². The summed E-state index contributed by atoms with van der Waals surface area (Å²) in [5.41, 5.74) is 0.0472. The topological polar surface area (TPSA) is 46.9 Å². The molecule has 2 aromatic rings. The van der Waals surface area contributed by atoms with Gasteiger partial charge in [-0.2, -0.15) is 18.3 Å². The first kappa shape index (κ1) is 17.3. The maximum absolute atomic E-state index is 12.5. The number of rotatable bonds is 4. The van der Waals surface area contributed by atoms with E-state index in [2.05, 4.69) is 10.4 Å². The zero-order valence-electron chi connectivity index (χ0n) is 12.5. The monoisotopic (exact) mass is 345 g/mol. The molecule has 4 nitrogen and oxygen atoms in total. The molecule has 8 heteroatoms. The minimum Gasteiger partial charge on any atom is -0.382 e. The number of hydrogen-bond acceptors (Lipinski definition) is 3. The number of aromatic nitrogens is 2. The number of halogens is 4. The Balaban J connectivity index is 2.07. The lowest BCUT2D eigenvalue weighted by Gasteiger charge is -2.15. The quantitative estimate of drug-likeness (QED) is 0.919. The van der Waals surface area contributed by atoms with Gasteiger partial charge in [0.25, 0.3) is 5.56 Å². The summed E-state index contributed by atoms with van der Waals surface area (Å²) >= 11 is 5.94. The van der Waals surface area contributed by atoms with Gasteiger partial charge in [0.2, 0.25) is 0 Å². The van der Waals surface area contributed by atoms with Crippen molar-refractivity contribution in [2.24, 2.45) is 7.05 Å². The van der Waals surface area contributed by atoms with Crippen LogP contribution in [-0.4, -0.2) is 16.3 Å². The molecule has 0 aliphatic heterocycles. The van der Waals surface area contributed by atoms with Crippen LogP contribution < -0.4 is 10.9 Å². The van der Waals surface area contributed by atoms with E-state index in [9.17, 15) is 18.0 Å². The average Bonchev–Trinajstić information content (AvgIpc) is 2.51. The lowest BCUT2D eigenvalue weighted by atomic mass is 9.99. The molecule has 1 heterocycles. The molecule has 1 aromatic heterocycles. The fraction of sp³-hybridized carbons (Fsp3) is 0.333. The molecule has 0 fully saturated rings. The van der Waals surface area contributed by atoms with Gasteiger partial charge in [-0.25, -0.2) is 4.68 Å². The molecule has 0 aliphatic carbocycles. The lowest BCUT2D eigenvalue weighted by molar-refractivity contribution is -0.137. The summed E-state index contributed by atoms with van der Waals surface area (Å²) in [6, 6.07) is 5.00. The molecule has 0 saturated heterocycles. The van der Waals surface area contributed by atoms with Crippen LogP contribution in [0.4, 0.5) is 18.9 Å². The molecule has 1 atom stereocenters. The highest BCUT2D eigenvalue weighted by molar-refractivity contribution is 6.32. The second-order valence-corrected chi connectivity index (χ2v) is 5.58. The highest BCUT2D eigenvalue weighted by Gasteiger charge is 2.30. The summed E-state index contributed by atoms with van der Waals surface area (Å²) in [6.07, 6.45) is -2.91. The zero-order chi connectivity index (χ0) is 17.2. The maximum Gasteiger partial charge on any atom is 0.416 e. The van der Waals surface area contributed by atoms with E-state index in [0.717, 1.165) is 22.4 Å². The summed E-state index contributed by atoms with van der Waals surface area (Å²) in [5, 5.41) is 6.88. The summed E-state index contributed by atoms with van der Waals surface area (Å²) in [6.45, 7) is 2.26. The maximum atomic E-state index is 12.5. The Labute approximate surface area is 135 Å². The van der Waals surface area contributed by atoms with Crippen molar-refractivity contribution in [3.05, 3.63) is 57.0 Å². The van der Waals surface area contributed by atoms with Gasteiger partial charge in [0.15, 0.2) is 0 Å². The largest absolute Gasteiger partial charge is 0.416 e. The first-order valence-corrected chi connectivity index (χ1v) is 7.20. The van der Waals surface area contributed by atoms with Crippen LogP contribution in [0.5, 0.6) is 0 Å². The number of nitrogens with zero attached hydrogens (tertiary/aromatic N) is 2. The number of benzene rings is 1. The summed E-state index contributed by atoms with van der Waals surface area (Å²) < 4.78 is 38.7. The Morgan fingerprint density at radius 3 is 2.48 bits per heavy atom. The Kier molecular flexibility index (Phi) is 4.99. The number of nitrogens with one attached hydrogen (secondary N) is 1. The lowest BCUT2D eigenvalue weighted by Crippen LogP contribution is -2.22. The highest BCUT2D eigenvalue weighted by atomic mass is 35.5. The van der Waals surface area contributed by atoms with Crippen LogP contribution in [0.25, 0.3) is 0 Å². The Bertz CT molecular complexity index is 741. The van der Waals surface area contributed by atoms with Gasteiger partial charge in [-0.1, -0.05) is 30.7 Å². The average molecular weight is 346 g/mol. The molecular formula is C15H15ClF3N3O. The second kappa shape index (κ2) is 6.62. The van der Waals surface area contributed by atoms with E-state index in [1.165, 1.54) is 25.4 Å². The van der Waals surface area contributed by atoms with Crippen molar-refractivity contribution in [3.63, 3.8) is 0 Å². The molecule has 0 radical (unpaired) electrons. The van der Waals surface area contributed by atoms with E-state index in [4.69, 9.17) is 11.6 Å². The predicted molar refractivity (Wildman–Crippen MR) is 82.8 cm³/mol. The van der Waals surface area contributed by atoms with Crippen molar-refractivity contribution in [1.29, 1.82) is 0 Å². The van der Waals surface area contributed by atoms with Crippen LogP contribution in [0.3, 0.4) is 0 Å². The van der Waals surface area contributed by atoms with Gasteiger partial charge in [0, 0.05) is 13.6 Å². The normalized spacial score (nSPS) is 13.0. The number of anilines is 1. The molecule has 0 bridgehead atoms. The summed E-state index contributed by atoms with van der Waals surface area (Å²) in [4.78, 5) is 11.7. The minimum absolute atomic E-state index is 0.0297. The van der Waals surface area contributed by atoms with Gasteiger partial charge in [-0.3, -0.25) is 4.79 Å². The van der Waals surface area contributed by atoms with E-state index >= 15 is 0 Å². The number of alkyl halides is 3. The SMILES string of the molecule is CC(CNc1cnn(C)c(=O)c1Cl)c1ccc(C(F)(F)F)cc1. The molecule has 1 unspecified atom stereocenters. The standard InChI is InChI=1S/C15H15ClF3N3O/c1-9(10-3-5-11(6-4-10)15(17,18)19)7-20-12-8-21-22(2)14(23)13(12)16/h3-6,8-9,20H,7H2,1-2H3. The van der Waals surface area contributed by atoms with Gasteiger partial charge in [0.1, 0.15) is 5.02 Å². The third kappa shape index (κ3) is 4.04. The number of hydrogen-bond donors (Lipinski definition) is 1. The van der Waals surface area contributed by atoms with E-state index in [1.54, 1.807) is 0 Å². The second-order valence-electron chi connectivity index (χ2n) is 5.20. The Morgan fingerprint density at radius 1 is 1.30 bits per heavy atom. The molecule has 0 amide bonds. The highest BCUT2D eigenvalue weighted by Crippen LogP contribution is 2.30. The van der Waals surface area contributed by atoms with E-state index in [-0.39, 0.29) is 10.9 Å². The fourth-order valence-electron chi connectivity index (χ4n) is 2.02. The van der Waals surface area contributed by atoms with E-state index in [1.807, 2.05) is 6.92 Å². The van der Waals surface area contributed by atoms with Gasteiger partial charge in [0.05, 0.1) is 17.4 Å². The molecule has 2 rings (SSSR count). The minimum atomic E-state index is -4.34. The Hall–Kier alpha value is -2.02. The number of aryl methyl sites for hydroxylation is 1. The predicted octanol–water partition coefficient (Wildman–Crippen LogP) is 3.67. The van der Waals surface area contributed by atoms with Crippen molar-refractivity contribution in [1.82, 2.24) is 9.78 Å². The fourth-order valence-corrected chi connectivity index (χ4v) is 2.25. The van der Waals surface area contributed by atoms with Crippen molar-refractivity contribution in [3.8, 4) is 0 Å². The van der Waals surface area contributed by atoms with Crippen LogP contribution in [0.2, 0.25) is 5.02 Å².